The minimum absolute atomic E-state index is 0.108. The molecule has 0 unspecified atom stereocenters. The van der Waals surface area contributed by atoms with Crippen molar-refractivity contribution in [3.05, 3.63) is 43.1 Å². The summed E-state index contributed by atoms with van der Waals surface area (Å²) in [7, 11) is 0. The van der Waals surface area contributed by atoms with E-state index in [-0.39, 0.29) is 11.4 Å². The number of carbonyl (C=O) groups is 1. The Morgan fingerprint density at radius 2 is 1.94 bits per heavy atom. The maximum atomic E-state index is 12.0. The Kier molecular flexibility index (Phi) is 2.46. The Morgan fingerprint density at radius 3 is 2.50 bits per heavy atom. The molecule has 84 valence electrons. The first-order chi connectivity index (χ1) is 7.56. The summed E-state index contributed by atoms with van der Waals surface area (Å²) in [5.41, 5.74) is 0.687. The Morgan fingerprint density at radius 1 is 1.31 bits per heavy atom. The van der Waals surface area contributed by atoms with Gasteiger partial charge in [0.15, 0.2) is 0 Å². The molecule has 0 bridgehead atoms. The summed E-state index contributed by atoms with van der Waals surface area (Å²) in [4.78, 5) is 12.0. The molecule has 1 aliphatic heterocycles. The van der Waals surface area contributed by atoms with Crippen LogP contribution in [0.1, 0.15) is 20.3 Å². The highest BCUT2D eigenvalue weighted by Gasteiger charge is 2.42. The number of hydrogen-bond donors (Lipinski definition) is 0. The third kappa shape index (κ3) is 1.58. The minimum Gasteiger partial charge on any atom is -0.280 e. The van der Waals surface area contributed by atoms with Gasteiger partial charge in [-0.15, -0.1) is 0 Å². The van der Waals surface area contributed by atoms with Crippen molar-refractivity contribution in [2.45, 2.75) is 25.8 Å². The van der Waals surface area contributed by atoms with Crippen LogP contribution in [0.15, 0.2) is 43.1 Å². The highest BCUT2D eigenvalue weighted by Crippen LogP contribution is 2.33. The number of amides is 1. The van der Waals surface area contributed by atoms with Gasteiger partial charge in [0.25, 0.3) is 0 Å². The fraction of sp³-hybridized carbons (Fsp3) is 0.308. The van der Waals surface area contributed by atoms with Crippen molar-refractivity contribution < 1.29 is 4.79 Å². The number of benzene rings is 1. The summed E-state index contributed by atoms with van der Waals surface area (Å²) in [6.07, 6.45) is 2.21. The molecule has 0 aliphatic carbocycles. The predicted molar refractivity (Wildman–Crippen MR) is 64.7 cm³/mol. The number of nitrogens with zero attached hydrogens (tertiary/aromatic N) is 2. The van der Waals surface area contributed by atoms with Crippen molar-refractivity contribution in [2.75, 3.05) is 5.01 Å². The molecule has 0 aromatic heterocycles. The smallest absolute Gasteiger partial charge is 0.248 e. The molecule has 0 spiro atoms. The zero-order valence-corrected chi connectivity index (χ0v) is 9.68. The van der Waals surface area contributed by atoms with Gasteiger partial charge in [-0.2, -0.15) is 0 Å². The monoisotopic (exact) mass is 216 g/mol. The van der Waals surface area contributed by atoms with Crippen LogP contribution in [0.25, 0.3) is 0 Å². The zero-order chi connectivity index (χ0) is 11.8. The van der Waals surface area contributed by atoms with E-state index in [1.54, 1.807) is 11.2 Å². The fourth-order valence-corrected chi connectivity index (χ4v) is 2.08. The third-order valence-electron chi connectivity index (χ3n) is 2.83. The molecule has 1 heterocycles. The van der Waals surface area contributed by atoms with E-state index in [1.165, 1.54) is 0 Å². The van der Waals surface area contributed by atoms with Gasteiger partial charge in [0.2, 0.25) is 5.91 Å². The molecule has 1 fully saturated rings. The van der Waals surface area contributed by atoms with Crippen LogP contribution in [0.3, 0.4) is 0 Å². The average Bonchev–Trinajstić information content (AvgIpc) is 2.48. The molecule has 2 rings (SSSR count). The van der Waals surface area contributed by atoms with Crippen LogP contribution < -0.4 is 5.01 Å². The van der Waals surface area contributed by atoms with E-state index in [9.17, 15) is 4.79 Å². The Labute approximate surface area is 95.9 Å². The lowest BCUT2D eigenvalue weighted by molar-refractivity contribution is -0.117. The molecular formula is C13H16N2O. The molecule has 1 saturated heterocycles. The SMILES string of the molecule is C=CN1N(c2ccccc2)C(=O)CC1(C)C. The largest absolute Gasteiger partial charge is 0.280 e. The van der Waals surface area contributed by atoms with Gasteiger partial charge in [-0.25, -0.2) is 5.01 Å². The van der Waals surface area contributed by atoms with Crippen molar-refractivity contribution in [1.29, 1.82) is 0 Å². The second kappa shape index (κ2) is 3.67. The first-order valence-corrected chi connectivity index (χ1v) is 5.36. The highest BCUT2D eigenvalue weighted by molar-refractivity contribution is 5.95. The van der Waals surface area contributed by atoms with E-state index in [4.69, 9.17) is 0 Å². The number of hydrazine groups is 1. The quantitative estimate of drug-likeness (QED) is 0.758. The summed E-state index contributed by atoms with van der Waals surface area (Å²) in [6.45, 7) is 7.85. The van der Waals surface area contributed by atoms with E-state index >= 15 is 0 Å². The molecule has 1 aromatic carbocycles. The summed E-state index contributed by atoms with van der Waals surface area (Å²) >= 11 is 0. The maximum absolute atomic E-state index is 12.0. The van der Waals surface area contributed by atoms with E-state index in [0.717, 1.165) is 5.69 Å². The second-order valence-corrected chi connectivity index (χ2v) is 4.56. The van der Waals surface area contributed by atoms with Crippen LogP contribution in [0.2, 0.25) is 0 Å². The number of rotatable bonds is 2. The summed E-state index contributed by atoms with van der Waals surface area (Å²) in [5, 5.41) is 3.58. The van der Waals surface area contributed by atoms with Gasteiger partial charge < -0.3 is 0 Å². The normalized spacial score (nSPS) is 19.0. The number of carbonyl (C=O) groups excluding carboxylic acids is 1. The van der Waals surface area contributed by atoms with Crippen molar-refractivity contribution in [3.63, 3.8) is 0 Å². The van der Waals surface area contributed by atoms with E-state index < -0.39 is 0 Å². The Bertz CT molecular complexity index is 411. The Balaban J connectivity index is 2.41. The van der Waals surface area contributed by atoms with Crippen molar-refractivity contribution in [1.82, 2.24) is 5.01 Å². The van der Waals surface area contributed by atoms with Gasteiger partial charge in [0.1, 0.15) is 0 Å². The van der Waals surface area contributed by atoms with Gasteiger partial charge in [-0.1, -0.05) is 24.8 Å². The predicted octanol–water partition coefficient (Wildman–Crippen LogP) is 2.56. The van der Waals surface area contributed by atoms with Gasteiger partial charge in [0, 0.05) is 6.20 Å². The number of para-hydroxylation sites is 1. The summed E-state index contributed by atoms with van der Waals surface area (Å²) < 4.78 is 0. The fourth-order valence-electron chi connectivity index (χ4n) is 2.08. The lowest BCUT2D eigenvalue weighted by atomic mass is 10.0. The van der Waals surface area contributed by atoms with Crippen LogP contribution in [0.5, 0.6) is 0 Å². The van der Waals surface area contributed by atoms with Crippen molar-refractivity contribution in [2.24, 2.45) is 0 Å². The summed E-state index contributed by atoms with van der Waals surface area (Å²) in [5.74, 6) is 0.108. The molecule has 0 radical (unpaired) electrons. The van der Waals surface area contributed by atoms with Crippen LogP contribution >= 0.6 is 0 Å². The van der Waals surface area contributed by atoms with Gasteiger partial charge in [-0.3, -0.25) is 9.80 Å². The zero-order valence-electron chi connectivity index (χ0n) is 9.68. The first kappa shape index (κ1) is 10.7. The molecule has 16 heavy (non-hydrogen) atoms. The molecule has 3 nitrogen and oxygen atoms in total. The average molecular weight is 216 g/mol. The molecule has 3 heteroatoms. The third-order valence-corrected chi connectivity index (χ3v) is 2.83. The van der Waals surface area contributed by atoms with Crippen molar-refractivity contribution in [3.8, 4) is 0 Å². The van der Waals surface area contributed by atoms with E-state index in [0.29, 0.717) is 6.42 Å². The molecule has 1 aliphatic rings. The first-order valence-electron chi connectivity index (χ1n) is 5.36. The number of anilines is 1. The molecule has 1 aromatic rings. The van der Waals surface area contributed by atoms with Crippen LogP contribution in [0, 0.1) is 0 Å². The van der Waals surface area contributed by atoms with Gasteiger partial charge in [0.05, 0.1) is 17.6 Å². The lowest BCUT2D eigenvalue weighted by Gasteiger charge is -2.35. The lowest BCUT2D eigenvalue weighted by Crippen LogP contribution is -2.43. The van der Waals surface area contributed by atoms with Gasteiger partial charge in [-0.05, 0) is 26.0 Å². The van der Waals surface area contributed by atoms with Crippen LogP contribution in [0.4, 0.5) is 5.69 Å². The minimum atomic E-state index is -0.200. The molecule has 1 amide bonds. The second-order valence-electron chi connectivity index (χ2n) is 4.56. The maximum Gasteiger partial charge on any atom is 0.248 e. The molecule has 0 saturated carbocycles. The molecule has 0 N–H and O–H groups in total. The Hall–Kier alpha value is -1.77. The van der Waals surface area contributed by atoms with Gasteiger partial charge >= 0.3 is 0 Å². The van der Waals surface area contributed by atoms with Crippen LogP contribution in [-0.4, -0.2) is 16.5 Å². The topological polar surface area (TPSA) is 23.6 Å². The van der Waals surface area contributed by atoms with Crippen LogP contribution in [-0.2, 0) is 4.79 Å². The molecular weight excluding hydrogens is 200 g/mol. The standard InChI is InChI=1S/C13H16N2O/c1-4-14-13(2,3)10-12(16)15(14)11-8-6-5-7-9-11/h4-9H,1,10H2,2-3H3. The highest BCUT2D eigenvalue weighted by atomic mass is 16.2. The number of hydrogen-bond acceptors (Lipinski definition) is 2. The van der Waals surface area contributed by atoms with E-state index in [1.807, 2.05) is 49.2 Å². The molecule has 0 atom stereocenters. The van der Waals surface area contributed by atoms with Crippen molar-refractivity contribution >= 4 is 11.6 Å². The summed E-state index contributed by atoms with van der Waals surface area (Å²) in [6, 6.07) is 9.64. The van der Waals surface area contributed by atoms with E-state index in [2.05, 4.69) is 6.58 Å².